The van der Waals surface area contributed by atoms with Gasteiger partial charge in [-0.15, -0.1) is 0 Å². The Hall–Kier alpha value is -0.860. The van der Waals surface area contributed by atoms with Crippen molar-refractivity contribution in [3.8, 4) is 0 Å². The topological polar surface area (TPSA) is 21.3 Å². The molecule has 1 aliphatic rings. The predicted molar refractivity (Wildman–Crippen MR) is 85.1 cm³/mol. The highest BCUT2D eigenvalue weighted by molar-refractivity contribution is 5.21. The molecule has 0 spiro atoms. The predicted octanol–water partition coefficient (Wildman–Crippen LogP) is 3.72. The molecular formula is C18H29NO. The van der Waals surface area contributed by atoms with Crippen LogP contribution in [0.4, 0.5) is 0 Å². The van der Waals surface area contributed by atoms with Crippen molar-refractivity contribution in [2.45, 2.75) is 58.2 Å². The molecule has 2 rings (SSSR count). The molecule has 0 saturated carbocycles. The highest BCUT2D eigenvalue weighted by Crippen LogP contribution is 2.33. The van der Waals surface area contributed by atoms with E-state index >= 15 is 0 Å². The van der Waals surface area contributed by atoms with Crippen molar-refractivity contribution in [2.75, 3.05) is 13.6 Å². The summed E-state index contributed by atoms with van der Waals surface area (Å²) in [4.78, 5) is 0. The Kier molecular flexibility index (Phi) is 5.22. The number of hydrogen-bond donors (Lipinski definition) is 1. The van der Waals surface area contributed by atoms with Crippen molar-refractivity contribution in [1.82, 2.24) is 5.32 Å². The molecule has 20 heavy (non-hydrogen) atoms. The van der Waals surface area contributed by atoms with Gasteiger partial charge in [-0.25, -0.2) is 0 Å². The summed E-state index contributed by atoms with van der Waals surface area (Å²) >= 11 is 0. The maximum atomic E-state index is 6.15. The highest BCUT2D eigenvalue weighted by atomic mass is 16.5. The van der Waals surface area contributed by atoms with Crippen LogP contribution in [0.15, 0.2) is 24.3 Å². The van der Waals surface area contributed by atoms with Gasteiger partial charge in [-0.3, -0.25) is 0 Å². The van der Waals surface area contributed by atoms with Crippen molar-refractivity contribution in [3.05, 3.63) is 35.4 Å². The average Bonchev–Trinajstić information content (AvgIpc) is 2.72. The average molecular weight is 275 g/mol. The molecule has 0 radical (unpaired) electrons. The summed E-state index contributed by atoms with van der Waals surface area (Å²) in [7, 11) is 2.04. The Morgan fingerprint density at radius 2 is 2.00 bits per heavy atom. The van der Waals surface area contributed by atoms with Gasteiger partial charge in [-0.2, -0.15) is 0 Å². The smallest absolute Gasteiger partial charge is 0.0631 e. The summed E-state index contributed by atoms with van der Waals surface area (Å²) in [6.07, 6.45) is 5.14. The largest absolute Gasteiger partial charge is 0.372 e. The van der Waals surface area contributed by atoms with Gasteiger partial charge >= 0.3 is 0 Å². The van der Waals surface area contributed by atoms with E-state index in [0.717, 1.165) is 19.4 Å². The quantitative estimate of drug-likeness (QED) is 0.854. The highest BCUT2D eigenvalue weighted by Gasteiger charge is 2.32. The summed E-state index contributed by atoms with van der Waals surface area (Å²) in [5.74, 6) is 0.654. The monoisotopic (exact) mass is 275 g/mol. The van der Waals surface area contributed by atoms with Crippen LogP contribution in [0.5, 0.6) is 0 Å². The molecule has 1 N–H and O–H groups in total. The fraction of sp³-hybridized carbons (Fsp3) is 0.667. The Balaban J connectivity index is 1.91. The van der Waals surface area contributed by atoms with Gasteiger partial charge in [0.25, 0.3) is 0 Å². The molecule has 2 unspecified atom stereocenters. The maximum absolute atomic E-state index is 6.15. The third kappa shape index (κ3) is 4.60. The number of benzene rings is 1. The van der Waals surface area contributed by atoms with Gasteiger partial charge in [-0.05, 0) is 71.5 Å². The normalized spacial score (nSPS) is 22.9. The van der Waals surface area contributed by atoms with Gasteiger partial charge in [0.1, 0.15) is 0 Å². The van der Waals surface area contributed by atoms with Crippen LogP contribution in [0.25, 0.3) is 0 Å². The van der Waals surface area contributed by atoms with E-state index in [4.69, 9.17) is 4.74 Å². The third-order valence-corrected chi connectivity index (χ3v) is 4.29. The van der Waals surface area contributed by atoms with Crippen LogP contribution in [0, 0.1) is 12.8 Å². The van der Waals surface area contributed by atoms with E-state index in [2.05, 4.69) is 50.4 Å². The van der Waals surface area contributed by atoms with Crippen molar-refractivity contribution in [2.24, 2.45) is 5.92 Å². The van der Waals surface area contributed by atoms with Crippen molar-refractivity contribution >= 4 is 0 Å². The van der Waals surface area contributed by atoms with Crippen molar-refractivity contribution in [1.29, 1.82) is 0 Å². The first-order valence-corrected chi connectivity index (χ1v) is 7.86. The molecule has 0 aliphatic carbocycles. The van der Waals surface area contributed by atoms with Crippen LogP contribution >= 0.6 is 0 Å². The van der Waals surface area contributed by atoms with E-state index in [9.17, 15) is 0 Å². The molecule has 2 heteroatoms. The van der Waals surface area contributed by atoms with E-state index in [1.807, 2.05) is 7.05 Å². The zero-order valence-corrected chi connectivity index (χ0v) is 13.4. The zero-order chi connectivity index (χ0) is 14.6. The van der Waals surface area contributed by atoms with E-state index in [1.165, 1.54) is 24.0 Å². The third-order valence-electron chi connectivity index (χ3n) is 4.29. The lowest BCUT2D eigenvalue weighted by Gasteiger charge is -2.23. The molecule has 1 aromatic rings. The van der Waals surface area contributed by atoms with Crippen LogP contribution in [0.3, 0.4) is 0 Å². The first-order valence-electron chi connectivity index (χ1n) is 7.86. The number of hydrogen-bond acceptors (Lipinski definition) is 2. The van der Waals surface area contributed by atoms with E-state index in [1.54, 1.807) is 0 Å². The molecule has 2 atom stereocenters. The lowest BCUT2D eigenvalue weighted by molar-refractivity contribution is -0.0243. The minimum absolute atomic E-state index is 0.0821. The molecule has 1 fully saturated rings. The van der Waals surface area contributed by atoms with E-state index in [0.29, 0.717) is 12.0 Å². The van der Waals surface area contributed by atoms with Crippen LogP contribution in [-0.4, -0.2) is 25.3 Å². The number of rotatable bonds is 6. The summed E-state index contributed by atoms with van der Waals surface area (Å²) in [5, 5.41) is 3.34. The van der Waals surface area contributed by atoms with Gasteiger partial charge in [0.15, 0.2) is 0 Å². The zero-order valence-electron chi connectivity index (χ0n) is 13.4. The molecule has 1 saturated heterocycles. The number of aryl methyl sites for hydroxylation is 1. The van der Waals surface area contributed by atoms with Gasteiger partial charge in [-0.1, -0.05) is 29.8 Å². The molecule has 2 nitrogen and oxygen atoms in total. The Morgan fingerprint density at radius 3 is 2.55 bits per heavy atom. The first kappa shape index (κ1) is 15.5. The Labute approximate surface area is 123 Å². The fourth-order valence-corrected chi connectivity index (χ4v) is 3.20. The van der Waals surface area contributed by atoms with E-state index in [-0.39, 0.29) is 5.60 Å². The van der Waals surface area contributed by atoms with Crippen LogP contribution in [0.2, 0.25) is 0 Å². The van der Waals surface area contributed by atoms with Gasteiger partial charge in [0.2, 0.25) is 0 Å². The lowest BCUT2D eigenvalue weighted by Crippen LogP contribution is -2.27. The fourth-order valence-electron chi connectivity index (χ4n) is 3.20. The van der Waals surface area contributed by atoms with E-state index < -0.39 is 0 Å². The molecule has 1 aliphatic heterocycles. The molecule has 1 aromatic carbocycles. The molecule has 112 valence electrons. The molecule has 0 aromatic heterocycles. The van der Waals surface area contributed by atoms with Crippen LogP contribution in [-0.2, 0) is 11.2 Å². The molecule has 0 amide bonds. The Bertz CT molecular complexity index is 410. The second-order valence-corrected chi connectivity index (χ2v) is 6.89. The standard InChI is InChI=1S/C18H29NO/c1-14-5-7-15(8-6-14)11-16(13-19-4)12-17-9-10-18(2,3)20-17/h5-8,16-17,19H,9-13H2,1-4H3. The van der Waals surface area contributed by atoms with Gasteiger partial charge < -0.3 is 10.1 Å². The van der Waals surface area contributed by atoms with Crippen LogP contribution in [0.1, 0.15) is 44.2 Å². The second-order valence-electron chi connectivity index (χ2n) is 6.89. The lowest BCUT2D eigenvalue weighted by atomic mass is 9.92. The summed E-state index contributed by atoms with van der Waals surface area (Å²) < 4.78 is 6.15. The number of ether oxygens (including phenoxy) is 1. The second kappa shape index (κ2) is 6.73. The molecule has 1 heterocycles. The molecule has 0 bridgehead atoms. The maximum Gasteiger partial charge on any atom is 0.0631 e. The van der Waals surface area contributed by atoms with Gasteiger partial charge in [0, 0.05) is 0 Å². The van der Waals surface area contributed by atoms with Gasteiger partial charge in [0.05, 0.1) is 11.7 Å². The number of nitrogens with one attached hydrogen (secondary N) is 1. The summed E-state index contributed by atoms with van der Waals surface area (Å²) in [6.45, 7) is 7.62. The van der Waals surface area contributed by atoms with Crippen molar-refractivity contribution < 1.29 is 4.74 Å². The molecular weight excluding hydrogens is 246 g/mol. The summed E-state index contributed by atoms with van der Waals surface area (Å²) in [6, 6.07) is 8.94. The van der Waals surface area contributed by atoms with Crippen molar-refractivity contribution in [3.63, 3.8) is 0 Å². The minimum Gasteiger partial charge on any atom is -0.372 e. The Morgan fingerprint density at radius 1 is 1.30 bits per heavy atom. The first-order chi connectivity index (χ1) is 9.48. The summed E-state index contributed by atoms with van der Waals surface area (Å²) in [5.41, 5.74) is 2.85. The SMILES string of the molecule is CNCC(Cc1ccc(C)cc1)CC1CCC(C)(C)O1. The van der Waals surface area contributed by atoms with Crippen LogP contribution < -0.4 is 5.32 Å². The minimum atomic E-state index is 0.0821.